The molecule has 0 amide bonds. The molecule has 0 heterocycles. The molecule has 1 aliphatic rings. The van der Waals surface area contributed by atoms with Crippen molar-refractivity contribution in [2.75, 3.05) is 11.9 Å². The van der Waals surface area contributed by atoms with Gasteiger partial charge in [0.2, 0.25) is 0 Å². The van der Waals surface area contributed by atoms with Gasteiger partial charge >= 0.3 is 0 Å². The van der Waals surface area contributed by atoms with Crippen LogP contribution in [0.15, 0.2) is 24.3 Å². The Bertz CT molecular complexity index is 350. The Kier molecular flexibility index (Phi) is 4.88. The van der Waals surface area contributed by atoms with E-state index >= 15 is 0 Å². The van der Waals surface area contributed by atoms with Gasteiger partial charge in [0.05, 0.1) is 18.8 Å². The normalized spacial score (nSPS) is 24.3. The Hall–Kier alpha value is -1.22. The number of benzene rings is 1. The highest BCUT2D eigenvalue weighted by molar-refractivity contribution is 5.47. The van der Waals surface area contributed by atoms with E-state index in [9.17, 15) is 5.11 Å². The lowest BCUT2D eigenvalue weighted by Crippen LogP contribution is -2.32. The lowest BCUT2D eigenvalue weighted by Gasteiger charge is -2.23. The molecule has 1 aromatic carbocycles. The van der Waals surface area contributed by atoms with Crippen LogP contribution in [0, 0.1) is 0 Å². The molecular weight excluding hydrogens is 226 g/mol. The summed E-state index contributed by atoms with van der Waals surface area (Å²) in [4.78, 5) is 0. The molecule has 3 nitrogen and oxygen atoms in total. The third kappa shape index (κ3) is 3.64. The van der Waals surface area contributed by atoms with Crippen molar-refractivity contribution < 1.29 is 9.84 Å². The smallest absolute Gasteiger partial charge is 0.119 e. The van der Waals surface area contributed by atoms with E-state index < -0.39 is 0 Å². The number of nitrogens with one attached hydrogen (secondary N) is 1. The van der Waals surface area contributed by atoms with Crippen molar-refractivity contribution in [2.45, 2.75) is 51.2 Å². The zero-order valence-corrected chi connectivity index (χ0v) is 11.1. The van der Waals surface area contributed by atoms with E-state index in [1.54, 1.807) is 0 Å². The van der Waals surface area contributed by atoms with Gasteiger partial charge in [-0.1, -0.05) is 19.3 Å². The Morgan fingerprint density at radius 2 is 1.89 bits per heavy atom. The third-order valence-electron chi connectivity index (χ3n) is 3.50. The Morgan fingerprint density at radius 3 is 2.61 bits per heavy atom. The van der Waals surface area contributed by atoms with Gasteiger partial charge in [0, 0.05) is 5.69 Å². The first-order valence-electron chi connectivity index (χ1n) is 6.97. The second-order valence-electron chi connectivity index (χ2n) is 4.91. The highest BCUT2D eigenvalue weighted by Crippen LogP contribution is 2.23. The molecule has 2 N–H and O–H groups in total. The molecule has 2 atom stereocenters. The third-order valence-corrected chi connectivity index (χ3v) is 3.50. The maximum absolute atomic E-state index is 10.1. The van der Waals surface area contributed by atoms with Crippen molar-refractivity contribution in [3.05, 3.63) is 24.3 Å². The van der Waals surface area contributed by atoms with Gasteiger partial charge in [-0.25, -0.2) is 0 Å². The molecule has 3 heteroatoms. The predicted molar refractivity (Wildman–Crippen MR) is 74.1 cm³/mol. The van der Waals surface area contributed by atoms with Gasteiger partial charge in [-0.05, 0) is 44.0 Å². The number of aliphatic hydroxyl groups excluding tert-OH is 1. The zero-order valence-electron chi connectivity index (χ0n) is 11.1. The number of hydrogen-bond acceptors (Lipinski definition) is 3. The summed E-state index contributed by atoms with van der Waals surface area (Å²) in [5.74, 6) is 0.893. The molecule has 0 aliphatic heterocycles. The van der Waals surface area contributed by atoms with E-state index in [1.807, 2.05) is 31.2 Å². The maximum Gasteiger partial charge on any atom is 0.119 e. The molecule has 0 saturated heterocycles. The largest absolute Gasteiger partial charge is 0.494 e. The van der Waals surface area contributed by atoms with Gasteiger partial charge in [0.1, 0.15) is 5.75 Å². The number of aliphatic hydroxyl groups is 1. The van der Waals surface area contributed by atoms with E-state index in [-0.39, 0.29) is 12.1 Å². The van der Waals surface area contributed by atoms with Gasteiger partial charge in [0.25, 0.3) is 0 Å². The summed E-state index contributed by atoms with van der Waals surface area (Å²) in [6.07, 6.45) is 5.31. The molecule has 0 aromatic heterocycles. The lowest BCUT2D eigenvalue weighted by atomic mass is 10.1. The van der Waals surface area contributed by atoms with Crippen molar-refractivity contribution in [1.82, 2.24) is 0 Å². The average Bonchev–Trinajstić information content (AvgIpc) is 2.58. The van der Waals surface area contributed by atoms with Crippen LogP contribution < -0.4 is 10.1 Å². The molecule has 1 saturated carbocycles. The first-order valence-corrected chi connectivity index (χ1v) is 6.97. The summed E-state index contributed by atoms with van der Waals surface area (Å²) in [6.45, 7) is 2.67. The zero-order chi connectivity index (χ0) is 12.8. The standard InChI is InChI=1S/C15H23NO2/c1-2-18-13-10-8-12(9-11-13)16-14-6-4-3-5-7-15(14)17/h8-11,14-17H,2-7H2,1H3. The van der Waals surface area contributed by atoms with Crippen LogP contribution >= 0.6 is 0 Å². The minimum atomic E-state index is -0.223. The summed E-state index contributed by atoms with van der Waals surface area (Å²) in [5.41, 5.74) is 1.06. The first-order chi connectivity index (χ1) is 8.79. The van der Waals surface area contributed by atoms with Crippen LogP contribution in [0.5, 0.6) is 5.75 Å². The predicted octanol–water partition coefficient (Wildman–Crippen LogP) is 3.19. The van der Waals surface area contributed by atoms with Crippen LogP contribution in [0.2, 0.25) is 0 Å². The topological polar surface area (TPSA) is 41.5 Å². The number of ether oxygens (including phenoxy) is 1. The number of hydrogen-bond donors (Lipinski definition) is 2. The van der Waals surface area contributed by atoms with Crippen molar-refractivity contribution in [1.29, 1.82) is 0 Å². The SMILES string of the molecule is CCOc1ccc(NC2CCCCCC2O)cc1. The van der Waals surface area contributed by atoms with Crippen molar-refractivity contribution in [3.8, 4) is 5.75 Å². The second-order valence-corrected chi connectivity index (χ2v) is 4.91. The quantitative estimate of drug-likeness (QED) is 0.805. The fourth-order valence-corrected chi connectivity index (χ4v) is 2.48. The Labute approximate surface area is 109 Å². The van der Waals surface area contributed by atoms with Crippen LogP contribution in [0.1, 0.15) is 39.0 Å². The molecule has 0 spiro atoms. The van der Waals surface area contributed by atoms with Gasteiger partial charge in [-0.3, -0.25) is 0 Å². The van der Waals surface area contributed by atoms with Crippen molar-refractivity contribution in [2.24, 2.45) is 0 Å². The molecule has 1 aromatic rings. The average molecular weight is 249 g/mol. The minimum Gasteiger partial charge on any atom is -0.494 e. The molecule has 18 heavy (non-hydrogen) atoms. The highest BCUT2D eigenvalue weighted by Gasteiger charge is 2.21. The van der Waals surface area contributed by atoms with Crippen LogP contribution in [-0.2, 0) is 0 Å². The van der Waals surface area contributed by atoms with Crippen molar-refractivity contribution >= 4 is 5.69 Å². The molecule has 1 fully saturated rings. The van der Waals surface area contributed by atoms with Crippen molar-refractivity contribution in [3.63, 3.8) is 0 Å². The number of anilines is 1. The molecule has 0 bridgehead atoms. The van der Waals surface area contributed by atoms with E-state index in [1.165, 1.54) is 12.8 Å². The van der Waals surface area contributed by atoms with E-state index in [2.05, 4.69) is 5.32 Å². The summed E-state index contributed by atoms with van der Waals surface area (Å²) in [7, 11) is 0. The number of rotatable bonds is 4. The molecule has 100 valence electrons. The van der Waals surface area contributed by atoms with Gasteiger partial charge in [-0.15, -0.1) is 0 Å². The summed E-state index contributed by atoms with van der Waals surface area (Å²) in [6, 6.07) is 8.15. The van der Waals surface area contributed by atoms with Gasteiger partial charge < -0.3 is 15.2 Å². The molecule has 2 rings (SSSR count). The van der Waals surface area contributed by atoms with Gasteiger partial charge in [-0.2, -0.15) is 0 Å². The Morgan fingerprint density at radius 1 is 1.17 bits per heavy atom. The Balaban J connectivity index is 1.94. The first kappa shape index (κ1) is 13.2. The molecular formula is C15H23NO2. The summed E-state index contributed by atoms with van der Waals surface area (Å²) < 4.78 is 5.41. The monoisotopic (exact) mass is 249 g/mol. The molecule has 0 radical (unpaired) electrons. The second kappa shape index (κ2) is 6.64. The summed E-state index contributed by atoms with van der Waals surface area (Å²) in [5, 5.41) is 13.5. The van der Waals surface area contributed by atoms with Crippen LogP contribution in [-0.4, -0.2) is 23.9 Å². The summed E-state index contributed by atoms with van der Waals surface area (Å²) >= 11 is 0. The molecule has 2 unspecified atom stereocenters. The fraction of sp³-hybridized carbons (Fsp3) is 0.600. The van der Waals surface area contributed by atoms with Crippen LogP contribution in [0.3, 0.4) is 0 Å². The van der Waals surface area contributed by atoms with E-state index in [4.69, 9.17) is 4.74 Å². The van der Waals surface area contributed by atoms with Gasteiger partial charge in [0.15, 0.2) is 0 Å². The lowest BCUT2D eigenvalue weighted by molar-refractivity contribution is 0.144. The van der Waals surface area contributed by atoms with Crippen LogP contribution in [0.4, 0.5) is 5.69 Å². The molecule has 1 aliphatic carbocycles. The van der Waals surface area contributed by atoms with E-state index in [0.717, 1.165) is 30.7 Å². The highest BCUT2D eigenvalue weighted by atomic mass is 16.5. The maximum atomic E-state index is 10.1. The minimum absolute atomic E-state index is 0.186. The van der Waals surface area contributed by atoms with Crippen LogP contribution in [0.25, 0.3) is 0 Å². The van der Waals surface area contributed by atoms with E-state index in [0.29, 0.717) is 6.61 Å². The fourth-order valence-electron chi connectivity index (χ4n) is 2.48.